The molecule has 1 aromatic rings. The standard InChI is InChI=1S/C12H18N2O/c1-2-3-6-9-15-11-8-5-4-7-10(11)12(13)14/h4-5,7-8H,2-3,6,9H2,1H3,(H3,13,14). The predicted octanol–water partition coefficient (Wildman–Crippen LogP) is 2.54. The van der Waals surface area contributed by atoms with Crippen molar-refractivity contribution >= 4 is 5.84 Å². The summed E-state index contributed by atoms with van der Waals surface area (Å²) >= 11 is 0. The van der Waals surface area contributed by atoms with Crippen molar-refractivity contribution in [3.63, 3.8) is 0 Å². The molecule has 0 fully saturated rings. The molecule has 0 aliphatic heterocycles. The van der Waals surface area contributed by atoms with Gasteiger partial charge in [0, 0.05) is 0 Å². The fraction of sp³-hybridized carbons (Fsp3) is 0.417. The molecule has 0 aromatic heterocycles. The highest BCUT2D eigenvalue weighted by Crippen LogP contribution is 2.17. The molecule has 0 unspecified atom stereocenters. The van der Waals surface area contributed by atoms with Crippen molar-refractivity contribution < 1.29 is 4.74 Å². The Bertz CT molecular complexity index is 323. The summed E-state index contributed by atoms with van der Waals surface area (Å²) in [5.74, 6) is 0.766. The van der Waals surface area contributed by atoms with Gasteiger partial charge < -0.3 is 10.5 Å². The molecule has 0 saturated carbocycles. The molecule has 0 amide bonds. The maximum Gasteiger partial charge on any atom is 0.130 e. The van der Waals surface area contributed by atoms with Crippen LogP contribution < -0.4 is 10.5 Å². The fourth-order valence-corrected chi connectivity index (χ4v) is 1.35. The summed E-state index contributed by atoms with van der Waals surface area (Å²) in [4.78, 5) is 0. The van der Waals surface area contributed by atoms with Gasteiger partial charge in [-0.3, -0.25) is 5.41 Å². The van der Waals surface area contributed by atoms with Gasteiger partial charge in [0.15, 0.2) is 0 Å². The molecule has 0 spiro atoms. The molecule has 1 aromatic carbocycles. The number of hydrogen-bond donors (Lipinski definition) is 2. The minimum absolute atomic E-state index is 0.0566. The third-order valence-electron chi connectivity index (χ3n) is 2.18. The van der Waals surface area contributed by atoms with Crippen LogP contribution in [0.25, 0.3) is 0 Å². The monoisotopic (exact) mass is 206 g/mol. The van der Waals surface area contributed by atoms with E-state index in [-0.39, 0.29) is 5.84 Å². The summed E-state index contributed by atoms with van der Waals surface area (Å²) in [6.07, 6.45) is 3.39. The minimum Gasteiger partial charge on any atom is -0.493 e. The summed E-state index contributed by atoms with van der Waals surface area (Å²) in [7, 11) is 0. The molecule has 0 aliphatic rings. The number of nitrogens with one attached hydrogen (secondary N) is 1. The maximum atomic E-state index is 7.39. The van der Waals surface area contributed by atoms with Gasteiger partial charge in [0.2, 0.25) is 0 Å². The zero-order valence-electron chi connectivity index (χ0n) is 9.12. The lowest BCUT2D eigenvalue weighted by atomic mass is 10.2. The van der Waals surface area contributed by atoms with Gasteiger partial charge in [0.05, 0.1) is 12.2 Å². The average molecular weight is 206 g/mol. The van der Waals surface area contributed by atoms with E-state index in [1.165, 1.54) is 12.8 Å². The Balaban J connectivity index is 2.56. The summed E-state index contributed by atoms with van der Waals surface area (Å²) in [5, 5.41) is 7.39. The summed E-state index contributed by atoms with van der Waals surface area (Å²) < 4.78 is 5.58. The largest absolute Gasteiger partial charge is 0.493 e. The van der Waals surface area contributed by atoms with Crippen molar-refractivity contribution in [2.45, 2.75) is 26.2 Å². The smallest absolute Gasteiger partial charge is 0.130 e. The lowest BCUT2D eigenvalue weighted by Crippen LogP contribution is -2.13. The number of rotatable bonds is 6. The highest BCUT2D eigenvalue weighted by Gasteiger charge is 2.04. The molecule has 0 heterocycles. The van der Waals surface area contributed by atoms with Crippen molar-refractivity contribution in [2.24, 2.45) is 5.73 Å². The first-order chi connectivity index (χ1) is 7.25. The number of ether oxygens (including phenoxy) is 1. The first-order valence-corrected chi connectivity index (χ1v) is 5.32. The van der Waals surface area contributed by atoms with Crippen LogP contribution in [0.1, 0.15) is 31.7 Å². The Morgan fingerprint density at radius 3 is 2.73 bits per heavy atom. The van der Waals surface area contributed by atoms with Crippen LogP contribution >= 0.6 is 0 Å². The topological polar surface area (TPSA) is 59.1 Å². The zero-order valence-corrected chi connectivity index (χ0v) is 9.12. The Morgan fingerprint density at radius 1 is 1.33 bits per heavy atom. The van der Waals surface area contributed by atoms with Gasteiger partial charge in [-0.2, -0.15) is 0 Å². The number of para-hydroxylation sites is 1. The lowest BCUT2D eigenvalue weighted by Gasteiger charge is -2.09. The van der Waals surface area contributed by atoms with Crippen LogP contribution in [0.4, 0.5) is 0 Å². The van der Waals surface area contributed by atoms with E-state index in [2.05, 4.69) is 6.92 Å². The van der Waals surface area contributed by atoms with E-state index in [1.54, 1.807) is 6.07 Å². The number of nitrogen functional groups attached to an aromatic ring is 1. The van der Waals surface area contributed by atoms with E-state index < -0.39 is 0 Å². The van der Waals surface area contributed by atoms with E-state index >= 15 is 0 Å². The molecule has 0 atom stereocenters. The van der Waals surface area contributed by atoms with Gasteiger partial charge in [-0.1, -0.05) is 31.9 Å². The van der Waals surface area contributed by atoms with Gasteiger partial charge in [0.1, 0.15) is 11.6 Å². The number of unbranched alkanes of at least 4 members (excludes halogenated alkanes) is 2. The Kier molecular flexibility index (Phi) is 4.68. The zero-order chi connectivity index (χ0) is 11.1. The number of amidine groups is 1. The van der Waals surface area contributed by atoms with Crippen LogP contribution in [0.2, 0.25) is 0 Å². The Hall–Kier alpha value is -1.51. The van der Waals surface area contributed by atoms with Gasteiger partial charge in [0.25, 0.3) is 0 Å². The third-order valence-corrected chi connectivity index (χ3v) is 2.18. The third kappa shape index (κ3) is 3.62. The minimum atomic E-state index is 0.0566. The van der Waals surface area contributed by atoms with Gasteiger partial charge in [-0.25, -0.2) is 0 Å². The van der Waals surface area contributed by atoms with Gasteiger partial charge >= 0.3 is 0 Å². The van der Waals surface area contributed by atoms with Crippen LogP contribution in [-0.2, 0) is 0 Å². The van der Waals surface area contributed by atoms with E-state index in [1.807, 2.05) is 18.2 Å². The van der Waals surface area contributed by atoms with E-state index in [9.17, 15) is 0 Å². The van der Waals surface area contributed by atoms with Crippen molar-refractivity contribution in [2.75, 3.05) is 6.61 Å². The van der Waals surface area contributed by atoms with Crippen LogP contribution in [0.3, 0.4) is 0 Å². The fourth-order valence-electron chi connectivity index (χ4n) is 1.35. The molecule has 1 rings (SSSR count). The van der Waals surface area contributed by atoms with Crippen LogP contribution in [0.5, 0.6) is 5.75 Å². The second kappa shape index (κ2) is 6.06. The van der Waals surface area contributed by atoms with Gasteiger partial charge in [-0.05, 0) is 18.6 Å². The van der Waals surface area contributed by atoms with Crippen molar-refractivity contribution in [3.8, 4) is 5.75 Å². The summed E-state index contributed by atoms with van der Waals surface area (Å²) in [6.45, 7) is 2.85. The molecular formula is C12H18N2O. The normalized spacial score (nSPS) is 9.93. The number of benzene rings is 1. The molecule has 3 nitrogen and oxygen atoms in total. The average Bonchev–Trinajstić information content (AvgIpc) is 2.25. The molecule has 15 heavy (non-hydrogen) atoms. The van der Waals surface area contributed by atoms with E-state index in [0.29, 0.717) is 17.9 Å². The second-order valence-corrected chi connectivity index (χ2v) is 3.47. The second-order valence-electron chi connectivity index (χ2n) is 3.47. The van der Waals surface area contributed by atoms with E-state index in [0.717, 1.165) is 6.42 Å². The first-order valence-electron chi connectivity index (χ1n) is 5.32. The molecule has 0 radical (unpaired) electrons. The highest BCUT2D eigenvalue weighted by molar-refractivity contribution is 5.97. The molecule has 82 valence electrons. The van der Waals surface area contributed by atoms with Crippen molar-refractivity contribution in [1.82, 2.24) is 0 Å². The first kappa shape index (κ1) is 11.6. The molecule has 0 aliphatic carbocycles. The quantitative estimate of drug-likeness (QED) is 0.427. The lowest BCUT2D eigenvalue weighted by molar-refractivity contribution is 0.305. The van der Waals surface area contributed by atoms with E-state index in [4.69, 9.17) is 15.9 Å². The summed E-state index contributed by atoms with van der Waals surface area (Å²) in [5.41, 5.74) is 6.12. The van der Waals surface area contributed by atoms with Crippen molar-refractivity contribution in [3.05, 3.63) is 29.8 Å². The Labute approximate surface area is 90.8 Å². The van der Waals surface area contributed by atoms with Crippen molar-refractivity contribution in [1.29, 1.82) is 5.41 Å². The molecule has 0 saturated heterocycles. The molecule has 0 bridgehead atoms. The highest BCUT2D eigenvalue weighted by atomic mass is 16.5. The molecule has 3 N–H and O–H groups in total. The predicted molar refractivity (Wildman–Crippen MR) is 62.5 cm³/mol. The maximum absolute atomic E-state index is 7.39. The summed E-state index contributed by atoms with van der Waals surface area (Å²) in [6, 6.07) is 7.40. The number of hydrogen-bond acceptors (Lipinski definition) is 2. The van der Waals surface area contributed by atoms with Crippen LogP contribution in [0, 0.1) is 5.41 Å². The Morgan fingerprint density at radius 2 is 2.07 bits per heavy atom. The van der Waals surface area contributed by atoms with Crippen LogP contribution in [-0.4, -0.2) is 12.4 Å². The van der Waals surface area contributed by atoms with Crippen LogP contribution in [0.15, 0.2) is 24.3 Å². The SMILES string of the molecule is CCCCCOc1ccccc1C(=N)N. The molecule has 3 heteroatoms. The number of nitrogens with two attached hydrogens (primary N) is 1. The van der Waals surface area contributed by atoms with Gasteiger partial charge in [-0.15, -0.1) is 0 Å². The molecular weight excluding hydrogens is 188 g/mol.